The summed E-state index contributed by atoms with van der Waals surface area (Å²) in [6.45, 7) is 0. The van der Waals surface area contributed by atoms with E-state index < -0.39 is 5.82 Å². The SMILES string of the molecule is COc1cc(N)c(Nc2cc(F)ccc2Cl)cc1OC. The van der Waals surface area contributed by atoms with Gasteiger partial charge >= 0.3 is 0 Å². The highest BCUT2D eigenvalue weighted by atomic mass is 35.5. The van der Waals surface area contributed by atoms with Crippen LogP contribution in [0.25, 0.3) is 0 Å². The van der Waals surface area contributed by atoms with Crippen LogP contribution in [-0.2, 0) is 0 Å². The Kier molecular flexibility index (Phi) is 4.20. The summed E-state index contributed by atoms with van der Waals surface area (Å²) in [5, 5.41) is 3.36. The molecule has 2 aromatic carbocycles. The number of hydrogen-bond donors (Lipinski definition) is 2. The van der Waals surface area contributed by atoms with Crippen molar-refractivity contribution in [3.05, 3.63) is 41.2 Å². The van der Waals surface area contributed by atoms with Gasteiger partial charge in [-0.25, -0.2) is 4.39 Å². The molecule has 0 heterocycles. The van der Waals surface area contributed by atoms with Crippen LogP contribution in [0.4, 0.5) is 21.5 Å². The summed E-state index contributed by atoms with van der Waals surface area (Å²) < 4.78 is 23.6. The van der Waals surface area contributed by atoms with E-state index in [1.165, 1.54) is 32.4 Å². The van der Waals surface area contributed by atoms with Crippen molar-refractivity contribution in [2.45, 2.75) is 0 Å². The van der Waals surface area contributed by atoms with Crippen molar-refractivity contribution in [2.24, 2.45) is 0 Å². The number of anilines is 3. The molecule has 0 saturated heterocycles. The van der Waals surface area contributed by atoms with Gasteiger partial charge in [0.25, 0.3) is 0 Å². The number of halogens is 2. The molecule has 106 valence electrons. The molecule has 0 aliphatic heterocycles. The first kappa shape index (κ1) is 14.3. The number of nitrogens with one attached hydrogen (secondary N) is 1. The van der Waals surface area contributed by atoms with Gasteiger partial charge in [0.2, 0.25) is 0 Å². The summed E-state index contributed by atoms with van der Waals surface area (Å²) in [5.74, 6) is 0.633. The Bertz CT molecular complexity index is 635. The van der Waals surface area contributed by atoms with Gasteiger partial charge in [-0.1, -0.05) is 11.6 Å². The van der Waals surface area contributed by atoms with E-state index >= 15 is 0 Å². The Morgan fingerprint density at radius 2 is 1.70 bits per heavy atom. The molecule has 0 atom stereocenters. The van der Waals surface area contributed by atoms with Crippen molar-refractivity contribution < 1.29 is 13.9 Å². The maximum absolute atomic E-state index is 13.2. The first-order chi connectivity index (χ1) is 9.55. The minimum atomic E-state index is -0.393. The molecule has 3 N–H and O–H groups in total. The normalized spacial score (nSPS) is 10.2. The summed E-state index contributed by atoms with van der Waals surface area (Å²) in [5.41, 5.74) is 7.33. The highest BCUT2D eigenvalue weighted by Crippen LogP contribution is 2.37. The highest BCUT2D eigenvalue weighted by molar-refractivity contribution is 6.33. The molecule has 6 heteroatoms. The van der Waals surface area contributed by atoms with Gasteiger partial charge in [-0.05, 0) is 18.2 Å². The van der Waals surface area contributed by atoms with Crippen LogP contribution in [-0.4, -0.2) is 14.2 Å². The largest absolute Gasteiger partial charge is 0.493 e. The van der Waals surface area contributed by atoms with Crippen LogP contribution in [0.15, 0.2) is 30.3 Å². The molecule has 0 radical (unpaired) electrons. The van der Waals surface area contributed by atoms with Crippen molar-refractivity contribution in [1.29, 1.82) is 0 Å². The van der Waals surface area contributed by atoms with E-state index in [-0.39, 0.29) is 0 Å². The molecular weight excluding hydrogens is 283 g/mol. The van der Waals surface area contributed by atoms with Crippen LogP contribution in [0.2, 0.25) is 5.02 Å². The number of rotatable bonds is 4. The fraction of sp³-hybridized carbons (Fsp3) is 0.143. The number of nitrogen functional groups attached to an aromatic ring is 1. The van der Waals surface area contributed by atoms with Crippen molar-refractivity contribution in [1.82, 2.24) is 0 Å². The van der Waals surface area contributed by atoms with Crippen LogP contribution in [0.5, 0.6) is 11.5 Å². The van der Waals surface area contributed by atoms with Crippen LogP contribution in [0, 0.1) is 5.82 Å². The molecule has 0 bridgehead atoms. The van der Waals surface area contributed by atoms with E-state index in [0.29, 0.717) is 33.6 Å². The number of ether oxygens (including phenoxy) is 2. The van der Waals surface area contributed by atoms with Gasteiger partial charge in [0.1, 0.15) is 5.82 Å². The molecule has 2 aromatic rings. The minimum Gasteiger partial charge on any atom is -0.493 e. The Balaban J connectivity index is 2.40. The molecule has 0 aromatic heterocycles. The van der Waals surface area contributed by atoms with Gasteiger partial charge in [-0.2, -0.15) is 0 Å². The summed E-state index contributed by atoms with van der Waals surface area (Å²) in [7, 11) is 3.04. The quantitative estimate of drug-likeness (QED) is 0.842. The molecule has 2 rings (SSSR count). The summed E-state index contributed by atoms with van der Waals surface area (Å²) in [6.07, 6.45) is 0. The number of hydrogen-bond acceptors (Lipinski definition) is 4. The lowest BCUT2D eigenvalue weighted by Crippen LogP contribution is -2.00. The number of methoxy groups -OCH3 is 2. The van der Waals surface area contributed by atoms with Crippen LogP contribution >= 0.6 is 11.6 Å². The van der Waals surface area contributed by atoms with Crippen molar-refractivity contribution in [3.8, 4) is 11.5 Å². The number of benzene rings is 2. The second-order valence-electron chi connectivity index (χ2n) is 4.04. The fourth-order valence-corrected chi connectivity index (χ4v) is 1.91. The lowest BCUT2D eigenvalue weighted by Gasteiger charge is -2.14. The molecule has 20 heavy (non-hydrogen) atoms. The van der Waals surface area contributed by atoms with E-state index in [1.807, 2.05) is 0 Å². The molecule has 0 amide bonds. The van der Waals surface area contributed by atoms with Crippen LogP contribution in [0.3, 0.4) is 0 Å². The standard InChI is InChI=1S/C14H14ClFN2O2/c1-19-13-6-10(17)12(7-14(13)20-2)18-11-5-8(16)3-4-9(11)15/h3-7,18H,17H2,1-2H3. The number of nitrogens with two attached hydrogens (primary N) is 1. The molecule has 0 aliphatic carbocycles. The predicted molar refractivity (Wildman–Crippen MR) is 78.7 cm³/mol. The molecule has 0 aliphatic rings. The second-order valence-corrected chi connectivity index (χ2v) is 4.45. The molecular formula is C14H14ClFN2O2. The molecule has 0 spiro atoms. The third kappa shape index (κ3) is 2.88. The molecule has 0 saturated carbocycles. The third-order valence-corrected chi connectivity index (χ3v) is 3.08. The lowest BCUT2D eigenvalue weighted by atomic mass is 10.2. The lowest BCUT2D eigenvalue weighted by molar-refractivity contribution is 0.355. The van der Waals surface area contributed by atoms with E-state index in [9.17, 15) is 4.39 Å². The molecule has 0 fully saturated rings. The zero-order valence-corrected chi connectivity index (χ0v) is 11.8. The van der Waals surface area contributed by atoms with Gasteiger partial charge < -0.3 is 20.5 Å². The molecule has 0 unspecified atom stereocenters. The zero-order chi connectivity index (χ0) is 14.7. The average molecular weight is 297 g/mol. The predicted octanol–water partition coefficient (Wildman–Crippen LogP) is 3.82. The average Bonchev–Trinajstić information content (AvgIpc) is 2.44. The zero-order valence-electron chi connectivity index (χ0n) is 11.0. The Labute approximate surface area is 121 Å². The third-order valence-electron chi connectivity index (χ3n) is 2.75. The van der Waals surface area contributed by atoms with E-state index in [0.717, 1.165) is 0 Å². The van der Waals surface area contributed by atoms with Gasteiger partial charge in [0.05, 0.1) is 36.3 Å². The summed E-state index contributed by atoms with van der Waals surface area (Å²) >= 11 is 6.00. The summed E-state index contributed by atoms with van der Waals surface area (Å²) in [6, 6.07) is 7.32. The van der Waals surface area contributed by atoms with Crippen molar-refractivity contribution in [2.75, 3.05) is 25.3 Å². The summed E-state index contributed by atoms with van der Waals surface area (Å²) in [4.78, 5) is 0. The van der Waals surface area contributed by atoms with Gasteiger partial charge in [-0.3, -0.25) is 0 Å². The van der Waals surface area contributed by atoms with Crippen molar-refractivity contribution >= 4 is 28.7 Å². The van der Waals surface area contributed by atoms with Gasteiger partial charge in [0.15, 0.2) is 11.5 Å². The maximum atomic E-state index is 13.2. The van der Waals surface area contributed by atoms with Crippen LogP contribution in [0.1, 0.15) is 0 Å². The Hall–Kier alpha value is -2.14. The first-order valence-electron chi connectivity index (χ1n) is 5.78. The van der Waals surface area contributed by atoms with E-state index in [1.54, 1.807) is 12.1 Å². The maximum Gasteiger partial charge on any atom is 0.162 e. The second kappa shape index (κ2) is 5.88. The topological polar surface area (TPSA) is 56.5 Å². The first-order valence-corrected chi connectivity index (χ1v) is 6.16. The van der Waals surface area contributed by atoms with Crippen LogP contribution < -0.4 is 20.5 Å². The smallest absolute Gasteiger partial charge is 0.162 e. The van der Waals surface area contributed by atoms with E-state index in [2.05, 4.69) is 5.32 Å². The Morgan fingerprint density at radius 3 is 2.35 bits per heavy atom. The van der Waals surface area contributed by atoms with Gasteiger partial charge in [-0.15, -0.1) is 0 Å². The monoisotopic (exact) mass is 296 g/mol. The Morgan fingerprint density at radius 1 is 1.05 bits per heavy atom. The van der Waals surface area contributed by atoms with E-state index in [4.69, 9.17) is 26.8 Å². The van der Waals surface area contributed by atoms with Crippen molar-refractivity contribution in [3.63, 3.8) is 0 Å². The fourth-order valence-electron chi connectivity index (χ4n) is 1.74. The van der Waals surface area contributed by atoms with Gasteiger partial charge in [0, 0.05) is 12.1 Å². The minimum absolute atomic E-state index is 0.389. The molecule has 4 nitrogen and oxygen atoms in total. The highest BCUT2D eigenvalue weighted by Gasteiger charge is 2.11.